The molecule has 0 saturated heterocycles. The lowest BCUT2D eigenvalue weighted by Crippen LogP contribution is -2.48. The maximum Gasteiger partial charge on any atom is 0.242 e. The third kappa shape index (κ3) is 6.09. The van der Waals surface area contributed by atoms with Crippen LogP contribution in [0.5, 0.6) is 0 Å². The molecule has 0 spiro atoms. The smallest absolute Gasteiger partial charge is 0.242 e. The number of nitrogens with zero attached hydrogens (tertiary/aromatic N) is 1. The normalized spacial score (nSPS) is 11.7. The lowest BCUT2D eigenvalue weighted by Gasteiger charge is -2.28. The molecule has 1 atom stereocenters. The molecule has 0 fully saturated rings. The van der Waals surface area contributed by atoms with Crippen LogP contribution in [0.25, 0.3) is 0 Å². The molecule has 1 N–H and O–H groups in total. The van der Waals surface area contributed by atoms with Gasteiger partial charge in [-0.1, -0.05) is 42.5 Å². The summed E-state index contributed by atoms with van der Waals surface area (Å²) in [5.74, 6) is 0.140. The highest BCUT2D eigenvalue weighted by atomic mass is 32.2. The van der Waals surface area contributed by atoms with Crippen LogP contribution in [0.15, 0.2) is 48.5 Å². The number of carbonyl (C=O) groups excluding carboxylic acids is 2. The number of hydrogen-bond donors (Lipinski definition) is 1. The molecule has 4 nitrogen and oxygen atoms in total. The molecule has 6 heteroatoms. The number of carbonyl (C=O) groups is 2. The van der Waals surface area contributed by atoms with Crippen LogP contribution in [0.3, 0.4) is 0 Å². The number of rotatable bonds is 9. The van der Waals surface area contributed by atoms with Crippen molar-refractivity contribution in [2.45, 2.75) is 39.1 Å². The fourth-order valence-corrected chi connectivity index (χ4v) is 3.80. The number of nitrogens with one attached hydrogen (secondary N) is 1. The fraction of sp³-hybridized carbons (Fsp3) is 0.364. The van der Waals surface area contributed by atoms with Gasteiger partial charge in [0.2, 0.25) is 11.8 Å². The first-order valence-electron chi connectivity index (χ1n) is 9.36. The van der Waals surface area contributed by atoms with Gasteiger partial charge in [0.15, 0.2) is 0 Å². The molecule has 28 heavy (non-hydrogen) atoms. The van der Waals surface area contributed by atoms with Crippen molar-refractivity contribution in [3.63, 3.8) is 0 Å². The average molecular weight is 403 g/mol. The van der Waals surface area contributed by atoms with E-state index in [1.807, 2.05) is 38.1 Å². The summed E-state index contributed by atoms with van der Waals surface area (Å²) in [7, 11) is 0. The Morgan fingerprint density at radius 1 is 1.11 bits per heavy atom. The fourth-order valence-electron chi connectivity index (χ4n) is 2.82. The van der Waals surface area contributed by atoms with Crippen molar-refractivity contribution < 1.29 is 14.0 Å². The van der Waals surface area contributed by atoms with E-state index < -0.39 is 6.04 Å². The minimum Gasteiger partial charge on any atom is -0.355 e. The highest BCUT2D eigenvalue weighted by molar-refractivity contribution is 7.99. The number of hydrogen-bond acceptors (Lipinski definition) is 3. The van der Waals surface area contributed by atoms with Crippen LogP contribution < -0.4 is 5.32 Å². The standard InChI is InChI=1S/C22H27FN2O2S/c1-4-24-22(27)17(3)25(13-18-10-7-8-12-20(18)23)21(26)15-28-14-19-11-6-5-9-16(19)2/h5-12,17H,4,13-15H2,1-3H3,(H,24,27)/t17-/m0/s1. The van der Waals surface area contributed by atoms with E-state index in [9.17, 15) is 14.0 Å². The summed E-state index contributed by atoms with van der Waals surface area (Å²) in [6.45, 7) is 6.09. The number of thioether (sulfide) groups is 1. The van der Waals surface area contributed by atoms with Gasteiger partial charge in [-0.05, 0) is 38.0 Å². The van der Waals surface area contributed by atoms with E-state index in [0.29, 0.717) is 17.9 Å². The SMILES string of the molecule is CCNC(=O)[C@H](C)N(Cc1ccccc1F)C(=O)CSCc1ccccc1C. The Morgan fingerprint density at radius 3 is 2.39 bits per heavy atom. The summed E-state index contributed by atoms with van der Waals surface area (Å²) in [4.78, 5) is 26.6. The molecule has 0 aliphatic carbocycles. The van der Waals surface area contributed by atoms with Gasteiger partial charge in [0.25, 0.3) is 0 Å². The number of amides is 2. The Morgan fingerprint density at radius 2 is 1.75 bits per heavy atom. The van der Waals surface area contributed by atoms with Crippen molar-refractivity contribution in [1.82, 2.24) is 10.2 Å². The average Bonchev–Trinajstić information content (AvgIpc) is 2.68. The van der Waals surface area contributed by atoms with Gasteiger partial charge < -0.3 is 10.2 Å². The van der Waals surface area contributed by atoms with Crippen LogP contribution in [-0.2, 0) is 21.9 Å². The third-order valence-electron chi connectivity index (χ3n) is 4.56. The zero-order valence-electron chi connectivity index (χ0n) is 16.6. The number of benzene rings is 2. The van der Waals surface area contributed by atoms with Crippen molar-refractivity contribution in [3.8, 4) is 0 Å². The van der Waals surface area contributed by atoms with Gasteiger partial charge in [-0.2, -0.15) is 0 Å². The van der Waals surface area contributed by atoms with E-state index in [-0.39, 0.29) is 29.9 Å². The summed E-state index contributed by atoms with van der Waals surface area (Å²) in [5.41, 5.74) is 2.76. The van der Waals surface area contributed by atoms with Crippen molar-refractivity contribution >= 4 is 23.6 Å². The third-order valence-corrected chi connectivity index (χ3v) is 5.53. The Bertz CT molecular complexity index is 813. The summed E-state index contributed by atoms with van der Waals surface area (Å²) in [6, 6.07) is 13.7. The highest BCUT2D eigenvalue weighted by Gasteiger charge is 2.26. The molecule has 2 aromatic rings. The quantitative estimate of drug-likeness (QED) is 0.692. The van der Waals surface area contributed by atoms with Crippen LogP contribution in [0, 0.1) is 12.7 Å². The molecule has 2 rings (SSSR count). The summed E-state index contributed by atoms with van der Waals surface area (Å²) < 4.78 is 14.1. The Hall–Kier alpha value is -2.34. The van der Waals surface area contributed by atoms with Gasteiger partial charge in [0.1, 0.15) is 11.9 Å². The monoisotopic (exact) mass is 402 g/mol. The van der Waals surface area contributed by atoms with Crippen LogP contribution in [0.1, 0.15) is 30.5 Å². The van der Waals surface area contributed by atoms with E-state index in [1.165, 1.54) is 33.9 Å². The number of aryl methyl sites for hydroxylation is 1. The van der Waals surface area contributed by atoms with Gasteiger partial charge in [-0.3, -0.25) is 9.59 Å². The van der Waals surface area contributed by atoms with Crippen molar-refractivity contribution in [2.75, 3.05) is 12.3 Å². The van der Waals surface area contributed by atoms with Gasteiger partial charge in [0, 0.05) is 24.4 Å². The molecular weight excluding hydrogens is 375 g/mol. The predicted octanol–water partition coefficient (Wildman–Crippen LogP) is 3.92. The van der Waals surface area contributed by atoms with Gasteiger partial charge in [0.05, 0.1) is 5.75 Å². The van der Waals surface area contributed by atoms with Crippen LogP contribution in [-0.4, -0.2) is 35.1 Å². The van der Waals surface area contributed by atoms with Crippen molar-refractivity contribution in [3.05, 3.63) is 71.0 Å². The van der Waals surface area contributed by atoms with Crippen molar-refractivity contribution in [2.24, 2.45) is 0 Å². The zero-order valence-corrected chi connectivity index (χ0v) is 17.4. The van der Waals surface area contributed by atoms with Gasteiger partial charge in [-0.15, -0.1) is 11.8 Å². The maximum atomic E-state index is 14.1. The van der Waals surface area contributed by atoms with Crippen LogP contribution in [0.2, 0.25) is 0 Å². The lowest BCUT2D eigenvalue weighted by atomic mass is 10.1. The van der Waals surface area contributed by atoms with Crippen LogP contribution >= 0.6 is 11.8 Å². The Balaban J connectivity index is 2.08. The molecular formula is C22H27FN2O2S. The Labute approximate surface area is 170 Å². The minimum atomic E-state index is -0.675. The largest absolute Gasteiger partial charge is 0.355 e. The molecule has 0 heterocycles. The number of halogens is 1. The molecule has 0 aliphatic rings. The lowest BCUT2D eigenvalue weighted by molar-refractivity contribution is -0.138. The van der Waals surface area contributed by atoms with E-state index in [2.05, 4.69) is 5.32 Å². The molecule has 0 aliphatic heterocycles. The second-order valence-corrected chi connectivity index (χ2v) is 7.59. The summed E-state index contributed by atoms with van der Waals surface area (Å²) in [5, 5.41) is 2.74. The van der Waals surface area contributed by atoms with E-state index in [4.69, 9.17) is 0 Å². The van der Waals surface area contributed by atoms with Crippen molar-refractivity contribution in [1.29, 1.82) is 0 Å². The van der Waals surface area contributed by atoms with Gasteiger partial charge in [-0.25, -0.2) is 4.39 Å². The molecule has 0 aromatic heterocycles. The minimum absolute atomic E-state index is 0.0642. The topological polar surface area (TPSA) is 49.4 Å². The molecule has 0 radical (unpaired) electrons. The highest BCUT2D eigenvalue weighted by Crippen LogP contribution is 2.19. The van der Waals surface area contributed by atoms with E-state index >= 15 is 0 Å². The molecule has 0 saturated carbocycles. The van der Waals surface area contributed by atoms with Crippen LogP contribution in [0.4, 0.5) is 4.39 Å². The van der Waals surface area contributed by atoms with E-state index in [1.54, 1.807) is 25.1 Å². The van der Waals surface area contributed by atoms with E-state index in [0.717, 1.165) is 0 Å². The first-order valence-corrected chi connectivity index (χ1v) is 10.5. The second-order valence-electron chi connectivity index (χ2n) is 6.60. The molecule has 2 amide bonds. The molecule has 150 valence electrons. The zero-order chi connectivity index (χ0) is 20.5. The first kappa shape index (κ1) is 22.0. The summed E-state index contributed by atoms with van der Waals surface area (Å²) >= 11 is 1.50. The maximum absolute atomic E-state index is 14.1. The Kier molecular flexibility index (Phi) is 8.51. The molecule has 0 unspecified atom stereocenters. The first-order chi connectivity index (χ1) is 13.4. The predicted molar refractivity (Wildman–Crippen MR) is 112 cm³/mol. The summed E-state index contributed by atoms with van der Waals surface area (Å²) in [6.07, 6.45) is 0. The second kappa shape index (κ2) is 10.9. The molecule has 2 aromatic carbocycles. The number of likely N-dealkylation sites (N-methyl/N-ethyl adjacent to an activating group) is 1. The van der Waals surface area contributed by atoms with Gasteiger partial charge >= 0.3 is 0 Å². The molecule has 0 bridgehead atoms.